The van der Waals surface area contributed by atoms with E-state index in [4.69, 9.17) is 21.1 Å². The second-order valence-electron chi connectivity index (χ2n) is 4.77. The average Bonchev–Trinajstić information content (AvgIpc) is 2.31. The summed E-state index contributed by atoms with van der Waals surface area (Å²) >= 11 is 5.51. The molecular formula is C15H19ClO2. The van der Waals surface area contributed by atoms with Crippen molar-refractivity contribution in [3.8, 4) is 17.6 Å². The lowest BCUT2D eigenvalue weighted by Gasteiger charge is -2.19. The van der Waals surface area contributed by atoms with Crippen LogP contribution in [0.5, 0.6) is 5.75 Å². The minimum absolute atomic E-state index is 0.128. The van der Waals surface area contributed by atoms with Gasteiger partial charge in [-0.15, -0.1) is 11.6 Å². The molecule has 0 radical (unpaired) electrons. The molecule has 1 aromatic carbocycles. The van der Waals surface area contributed by atoms with E-state index in [1.807, 2.05) is 45.0 Å². The lowest BCUT2D eigenvalue weighted by atomic mass is 10.2. The van der Waals surface area contributed by atoms with Crippen molar-refractivity contribution in [3.05, 3.63) is 29.8 Å². The molecule has 18 heavy (non-hydrogen) atoms. The van der Waals surface area contributed by atoms with Crippen molar-refractivity contribution >= 4 is 11.6 Å². The van der Waals surface area contributed by atoms with E-state index in [0.29, 0.717) is 19.1 Å². The highest BCUT2D eigenvalue weighted by atomic mass is 35.5. The van der Waals surface area contributed by atoms with E-state index in [-0.39, 0.29) is 5.60 Å². The standard InChI is InChI=1S/C15H19ClO2/c1-15(2,3)18-11-10-17-14-8-4-6-13(12-14)7-5-9-16/h4,6,8,12H,9-11H2,1-3H3. The first kappa shape index (κ1) is 14.9. The van der Waals surface area contributed by atoms with Gasteiger partial charge in [0.05, 0.1) is 18.1 Å². The Balaban J connectivity index is 2.43. The van der Waals surface area contributed by atoms with E-state index in [1.165, 1.54) is 0 Å². The molecule has 0 bridgehead atoms. The van der Waals surface area contributed by atoms with Crippen molar-refractivity contribution in [2.24, 2.45) is 0 Å². The molecule has 0 unspecified atom stereocenters. The SMILES string of the molecule is CC(C)(C)OCCOc1cccc(C#CCCl)c1. The van der Waals surface area contributed by atoms with Crippen molar-refractivity contribution in [2.75, 3.05) is 19.1 Å². The van der Waals surface area contributed by atoms with Gasteiger partial charge in [-0.25, -0.2) is 0 Å². The lowest BCUT2D eigenvalue weighted by molar-refractivity contribution is -0.0163. The maximum atomic E-state index is 5.60. The summed E-state index contributed by atoms with van der Waals surface area (Å²) in [5, 5.41) is 0. The molecule has 0 N–H and O–H groups in total. The van der Waals surface area contributed by atoms with E-state index in [9.17, 15) is 0 Å². The van der Waals surface area contributed by atoms with Crippen molar-refractivity contribution in [1.29, 1.82) is 0 Å². The fourth-order valence-electron chi connectivity index (χ4n) is 1.31. The number of halogens is 1. The minimum atomic E-state index is -0.128. The van der Waals surface area contributed by atoms with Crippen LogP contribution in [-0.4, -0.2) is 24.7 Å². The highest BCUT2D eigenvalue weighted by Gasteiger charge is 2.09. The third kappa shape index (κ3) is 6.54. The van der Waals surface area contributed by atoms with E-state index >= 15 is 0 Å². The maximum Gasteiger partial charge on any atom is 0.120 e. The summed E-state index contributed by atoms with van der Waals surface area (Å²) in [6, 6.07) is 7.65. The van der Waals surface area contributed by atoms with Gasteiger partial charge in [-0.3, -0.25) is 0 Å². The highest BCUT2D eigenvalue weighted by Crippen LogP contribution is 2.13. The second-order valence-corrected chi connectivity index (χ2v) is 5.04. The topological polar surface area (TPSA) is 18.5 Å². The number of alkyl halides is 1. The van der Waals surface area contributed by atoms with Crippen molar-refractivity contribution in [3.63, 3.8) is 0 Å². The maximum absolute atomic E-state index is 5.60. The molecule has 3 heteroatoms. The first-order valence-corrected chi connectivity index (χ1v) is 6.46. The van der Waals surface area contributed by atoms with Gasteiger partial charge in [-0.05, 0) is 39.0 Å². The summed E-state index contributed by atoms with van der Waals surface area (Å²) in [6.45, 7) is 7.17. The minimum Gasteiger partial charge on any atom is -0.491 e. The summed E-state index contributed by atoms with van der Waals surface area (Å²) in [6.07, 6.45) is 0. The van der Waals surface area contributed by atoms with Crippen LogP contribution in [0.15, 0.2) is 24.3 Å². The van der Waals surface area contributed by atoms with Crippen LogP contribution >= 0.6 is 11.6 Å². The fraction of sp³-hybridized carbons (Fsp3) is 0.467. The zero-order valence-corrected chi connectivity index (χ0v) is 11.9. The van der Waals surface area contributed by atoms with Gasteiger partial charge < -0.3 is 9.47 Å². The molecule has 0 aromatic heterocycles. The first-order valence-electron chi connectivity index (χ1n) is 5.93. The first-order chi connectivity index (χ1) is 8.51. The van der Waals surface area contributed by atoms with Crippen LogP contribution in [0.4, 0.5) is 0 Å². The number of ether oxygens (including phenoxy) is 2. The van der Waals surface area contributed by atoms with Crippen molar-refractivity contribution in [1.82, 2.24) is 0 Å². The van der Waals surface area contributed by atoms with Gasteiger partial charge in [0.25, 0.3) is 0 Å². The number of benzene rings is 1. The fourth-order valence-corrected chi connectivity index (χ4v) is 1.37. The molecule has 0 saturated carbocycles. The van der Waals surface area contributed by atoms with Crippen LogP contribution in [0.2, 0.25) is 0 Å². The van der Waals surface area contributed by atoms with Crippen LogP contribution in [0.1, 0.15) is 26.3 Å². The zero-order valence-electron chi connectivity index (χ0n) is 11.1. The van der Waals surface area contributed by atoms with Gasteiger partial charge >= 0.3 is 0 Å². The molecule has 0 fully saturated rings. The predicted octanol–water partition coefficient (Wildman–Crippen LogP) is 3.47. The monoisotopic (exact) mass is 266 g/mol. The van der Waals surface area contributed by atoms with Gasteiger partial charge in [0.2, 0.25) is 0 Å². The lowest BCUT2D eigenvalue weighted by Crippen LogP contribution is -2.22. The van der Waals surface area contributed by atoms with Gasteiger partial charge in [0.1, 0.15) is 12.4 Å². The van der Waals surface area contributed by atoms with Crippen LogP contribution in [0, 0.1) is 11.8 Å². The van der Waals surface area contributed by atoms with Crippen molar-refractivity contribution < 1.29 is 9.47 Å². The van der Waals surface area contributed by atoms with E-state index in [2.05, 4.69) is 11.8 Å². The summed E-state index contributed by atoms with van der Waals surface area (Å²) < 4.78 is 11.2. The van der Waals surface area contributed by atoms with E-state index < -0.39 is 0 Å². The molecule has 1 rings (SSSR count). The number of hydrogen-bond acceptors (Lipinski definition) is 2. The zero-order chi connectivity index (χ0) is 13.4. The smallest absolute Gasteiger partial charge is 0.120 e. The van der Waals surface area contributed by atoms with Gasteiger partial charge in [-0.1, -0.05) is 17.9 Å². The summed E-state index contributed by atoms with van der Waals surface area (Å²) in [5.41, 5.74) is 0.779. The average molecular weight is 267 g/mol. The molecule has 2 nitrogen and oxygen atoms in total. The largest absolute Gasteiger partial charge is 0.491 e. The van der Waals surface area contributed by atoms with Crippen molar-refractivity contribution in [2.45, 2.75) is 26.4 Å². The molecular weight excluding hydrogens is 248 g/mol. The Hall–Kier alpha value is -1.17. The molecule has 0 aliphatic rings. The Labute approximate surface area is 114 Å². The Bertz CT molecular complexity index is 424. The number of rotatable bonds is 4. The Morgan fingerprint density at radius 2 is 2.00 bits per heavy atom. The molecule has 0 amide bonds. The predicted molar refractivity (Wildman–Crippen MR) is 75.2 cm³/mol. The molecule has 0 aliphatic carbocycles. The molecule has 98 valence electrons. The Morgan fingerprint density at radius 1 is 1.22 bits per heavy atom. The normalized spacial score (nSPS) is 10.7. The molecule has 1 aromatic rings. The summed E-state index contributed by atoms with van der Waals surface area (Å²) in [7, 11) is 0. The summed E-state index contributed by atoms with van der Waals surface area (Å²) in [4.78, 5) is 0. The van der Waals surface area contributed by atoms with Gasteiger partial charge in [-0.2, -0.15) is 0 Å². The Morgan fingerprint density at radius 3 is 2.67 bits per heavy atom. The van der Waals surface area contributed by atoms with E-state index in [0.717, 1.165) is 11.3 Å². The Kier molecular flexibility index (Phi) is 6.04. The summed E-state index contributed by atoms with van der Waals surface area (Å²) in [5.74, 6) is 6.91. The van der Waals surface area contributed by atoms with Gasteiger partial charge in [0, 0.05) is 5.56 Å². The third-order valence-corrected chi connectivity index (χ3v) is 2.15. The number of hydrogen-bond donors (Lipinski definition) is 0. The molecule has 0 heterocycles. The highest BCUT2D eigenvalue weighted by molar-refractivity contribution is 6.19. The molecule has 0 atom stereocenters. The third-order valence-electron chi connectivity index (χ3n) is 2.02. The van der Waals surface area contributed by atoms with E-state index in [1.54, 1.807) is 0 Å². The van der Waals surface area contributed by atoms with Gasteiger partial charge in [0.15, 0.2) is 0 Å². The molecule has 0 spiro atoms. The molecule has 0 saturated heterocycles. The van der Waals surface area contributed by atoms with Crippen LogP contribution in [-0.2, 0) is 4.74 Å². The molecule has 0 aliphatic heterocycles. The van der Waals surface area contributed by atoms with Crippen LogP contribution in [0.25, 0.3) is 0 Å². The second kappa shape index (κ2) is 7.31. The van der Waals surface area contributed by atoms with Crippen LogP contribution in [0.3, 0.4) is 0 Å². The van der Waals surface area contributed by atoms with Crippen LogP contribution < -0.4 is 4.74 Å². The quantitative estimate of drug-likeness (QED) is 0.472.